The molecule has 30 heavy (non-hydrogen) atoms. The third-order valence-corrected chi connectivity index (χ3v) is 5.72. The highest BCUT2D eigenvalue weighted by Gasteiger charge is 2.11. The van der Waals surface area contributed by atoms with Gasteiger partial charge in [0.25, 0.3) is 0 Å². The second-order valence-electron chi connectivity index (χ2n) is 6.19. The summed E-state index contributed by atoms with van der Waals surface area (Å²) in [5.41, 5.74) is 0.760. The average molecular weight is 465 g/mol. The maximum absolute atomic E-state index is 10.7. The Morgan fingerprint density at radius 3 is 2.70 bits per heavy atom. The molecule has 3 heterocycles. The Morgan fingerprint density at radius 1 is 1.17 bits per heavy atom. The van der Waals surface area contributed by atoms with E-state index in [0.29, 0.717) is 40.5 Å². The minimum absolute atomic E-state index is 0.0386. The molecular weight excluding hydrogens is 451 g/mol. The van der Waals surface area contributed by atoms with E-state index in [4.69, 9.17) is 23.2 Å². The van der Waals surface area contributed by atoms with E-state index in [1.54, 1.807) is 22.9 Å². The molecule has 154 valence electrons. The van der Waals surface area contributed by atoms with Crippen LogP contribution in [0.4, 0.5) is 16.6 Å². The predicted molar refractivity (Wildman–Crippen MR) is 114 cm³/mol. The summed E-state index contributed by atoms with van der Waals surface area (Å²) >= 11 is 13.8. The molecule has 3 aromatic heterocycles. The van der Waals surface area contributed by atoms with E-state index in [9.17, 15) is 10.1 Å². The van der Waals surface area contributed by atoms with Crippen molar-refractivity contribution in [3.63, 3.8) is 0 Å². The van der Waals surface area contributed by atoms with Crippen LogP contribution in [0, 0.1) is 10.1 Å². The monoisotopic (exact) mass is 464 g/mol. The molecule has 13 heteroatoms. The van der Waals surface area contributed by atoms with Crippen molar-refractivity contribution in [1.29, 1.82) is 0 Å². The van der Waals surface area contributed by atoms with E-state index in [1.807, 2.05) is 12.3 Å². The Kier molecular flexibility index (Phi) is 5.93. The first-order valence-corrected chi connectivity index (χ1v) is 10.3. The third kappa shape index (κ3) is 4.75. The highest BCUT2D eigenvalue weighted by Crippen LogP contribution is 2.26. The number of nitrogens with one attached hydrogen (secondary N) is 1. The summed E-state index contributed by atoms with van der Waals surface area (Å²) in [5.74, 6) is 0.614. The molecule has 0 fully saturated rings. The summed E-state index contributed by atoms with van der Waals surface area (Å²) in [7, 11) is 0. The number of hydrogen-bond donors (Lipinski definition) is 1. The summed E-state index contributed by atoms with van der Waals surface area (Å²) in [4.78, 5) is 10.2. The van der Waals surface area contributed by atoms with Gasteiger partial charge in [-0.1, -0.05) is 40.6 Å². The lowest BCUT2D eigenvalue weighted by molar-refractivity contribution is -0.385. The van der Waals surface area contributed by atoms with Crippen LogP contribution in [0.15, 0.2) is 42.9 Å². The molecule has 0 amide bonds. The maximum Gasteiger partial charge on any atom is 0.306 e. The van der Waals surface area contributed by atoms with Gasteiger partial charge in [-0.15, -0.1) is 10.2 Å². The van der Waals surface area contributed by atoms with E-state index in [-0.39, 0.29) is 5.69 Å². The first-order chi connectivity index (χ1) is 14.5. The maximum atomic E-state index is 10.7. The summed E-state index contributed by atoms with van der Waals surface area (Å²) < 4.78 is 3.23. The van der Waals surface area contributed by atoms with E-state index < -0.39 is 4.92 Å². The fourth-order valence-electron chi connectivity index (χ4n) is 2.66. The zero-order valence-electron chi connectivity index (χ0n) is 15.3. The summed E-state index contributed by atoms with van der Waals surface area (Å²) in [6.07, 6.45) is 4.98. The van der Waals surface area contributed by atoms with Crippen LogP contribution in [0.2, 0.25) is 10.0 Å². The number of nitrogens with zero attached hydrogens (tertiary/aromatic N) is 7. The number of anilines is 2. The van der Waals surface area contributed by atoms with Gasteiger partial charge in [0.15, 0.2) is 5.82 Å². The van der Waals surface area contributed by atoms with Gasteiger partial charge in [0.05, 0.1) is 11.5 Å². The molecule has 1 N–H and O–H groups in total. The average Bonchev–Trinajstić information content (AvgIpc) is 3.45. The molecule has 1 aromatic carbocycles. The molecule has 0 aliphatic heterocycles. The van der Waals surface area contributed by atoms with Gasteiger partial charge in [-0.05, 0) is 12.1 Å². The largest absolute Gasteiger partial charge is 0.313 e. The molecule has 0 bridgehead atoms. The van der Waals surface area contributed by atoms with Gasteiger partial charge in [0.1, 0.15) is 17.4 Å². The summed E-state index contributed by atoms with van der Waals surface area (Å²) in [6.45, 7) is 0.910. The van der Waals surface area contributed by atoms with Crippen LogP contribution in [0.1, 0.15) is 10.6 Å². The Hall–Kier alpha value is -3.02. The van der Waals surface area contributed by atoms with Crippen LogP contribution in [0.5, 0.6) is 0 Å². The van der Waals surface area contributed by atoms with Gasteiger partial charge in [-0.2, -0.15) is 10.2 Å². The highest BCUT2D eigenvalue weighted by atomic mass is 35.5. The van der Waals surface area contributed by atoms with Crippen molar-refractivity contribution in [3.05, 3.63) is 73.6 Å². The first-order valence-electron chi connectivity index (χ1n) is 8.70. The van der Waals surface area contributed by atoms with Crippen molar-refractivity contribution in [3.8, 4) is 0 Å². The minimum Gasteiger partial charge on any atom is -0.313 e. The standard InChI is InChI=1S/C17H14Cl2N8O2S/c18-13-2-1-3-14(19)12(13)10-26-6-4-15(24-26)21-17-23-22-16(30-17)5-7-25-9-11(8-20-25)27(28)29/h1-4,6,8-9H,5,7,10H2,(H,21,23,24). The topological polar surface area (TPSA) is 117 Å². The summed E-state index contributed by atoms with van der Waals surface area (Å²) in [5, 5.41) is 33.0. The molecule has 10 nitrogen and oxygen atoms in total. The molecule has 0 saturated heterocycles. The van der Waals surface area contributed by atoms with Crippen LogP contribution in [0.3, 0.4) is 0 Å². The van der Waals surface area contributed by atoms with Crippen molar-refractivity contribution in [2.24, 2.45) is 0 Å². The second kappa shape index (κ2) is 8.78. The van der Waals surface area contributed by atoms with Gasteiger partial charge in [0.2, 0.25) is 5.13 Å². The highest BCUT2D eigenvalue weighted by molar-refractivity contribution is 7.15. The lowest BCUT2D eigenvalue weighted by atomic mass is 10.2. The van der Waals surface area contributed by atoms with Gasteiger partial charge in [0, 0.05) is 40.8 Å². The molecule has 4 aromatic rings. The van der Waals surface area contributed by atoms with E-state index in [2.05, 4.69) is 25.7 Å². The molecule has 0 radical (unpaired) electrons. The Morgan fingerprint density at radius 2 is 1.97 bits per heavy atom. The van der Waals surface area contributed by atoms with Gasteiger partial charge in [-0.3, -0.25) is 19.5 Å². The van der Waals surface area contributed by atoms with Crippen molar-refractivity contribution in [2.45, 2.75) is 19.5 Å². The SMILES string of the molecule is O=[N+]([O-])c1cnn(CCc2nnc(Nc3ccn(Cc4c(Cl)cccc4Cl)n3)s2)c1. The van der Waals surface area contributed by atoms with E-state index in [0.717, 1.165) is 10.6 Å². The minimum atomic E-state index is -0.477. The predicted octanol–water partition coefficient (Wildman–Crippen LogP) is 4.18. The third-order valence-electron chi connectivity index (χ3n) is 4.11. The van der Waals surface area contributed by atoms with Crippen LogP contribution in [-0.2, 0) is 19.5 Å². The number of aryl methyl sites for hydroxylation is 2. The zero-order valence-corrected chi connectivity index (χ0v) is 17.6. The zero-order chi connectivity index (χ0) is 21.1. The molecule has 0 atom stereocenters. The van der Waals surface area contributed by atoms with Crippen molar-refractivity contribution >= 4 is 51.2 Å². The first kappa shape index (κ1) is 20.3. The fourth-order valence-corrected chi connectivity index (χ4v) is 3.91. The number of nitro groups is 1. The number of benzene rings is 1. The Balaban J connectivity index is 1.35. The van der Waals surface area contributed by atoms with E-state index in [1.165, 1.54) is 28.4 Å². The second-order valence-corrected chi connectivity index (χ2v) is 8.07. The van der Waals surface area contributed by atoms with Crippen LogP contribution in [0.25, 0.3) is 0 Å². The fraction of sp³-hybridized carbons (Fsp3) is 0.176. The molecule has 0 saturated carbocycles. The van der Waals surface area contributed by atoms with Gasteiger partial charge < -0.3 is 5.32 Å². The molecule has 0 aliphatic carbocycles. The van der Waals surface area contributed by atoms with Gasteiger partial charge >= 0.3 is 5.69 Å². The lowest BCUT2D eigenvalue weighted by Crippen LogP contribution is -2.02. The molecule has 4 rings (SSSR count). The van der Waals surface area contributed by atoms with Crippen molar-refractivity contribution in [2.75, 3.05) is 5.32 Å². The Labute approximate surface area is 184 Å². The summed E-state index contributed by atoms with van der Waals surface area (Å²) in [6, 6.07) is 7.19. The quantitative estimate of drug-likeness (QED) is 0.307. The van der Waals surface area contributed by atoms with Crippen LogP contribution >= 0.6 is 34.5 Å². The Bertz CT molecular complexity index is 1170. The number of halogens is 2. The normalized spacial score (nSPS) is 11.0. The van der Waals surface area contributed by atoms with E-state index >= 15 is 0 Å². The molecule has 0 unspecified atom stereocenters. The van der Waals surface area contributed by atoms with Crippen molar-refractivity contribution in [1.82, 2.24) is 29.8 Å². The van der Waals surface area contributed by atoms with Gasteiger partial charge in [-0.25, -0.2) is 0 Å². The number of rotatable bonds is 8. The number of hydrogen-bond acceptors (Lipinski definition) is 8. The van der Waals surface area contributed by atoms with Crippen LogP contribution in [-0.4, -0.2) is 34.7 Å². The van der Waals surface area contributed by atoms with Crippen LogP contribution < -0.4 is 5.32 Å². The van der Waals surface area contributed by atoms with Crippen molar-refractivity contribution < 1.29 is 4.92 Å². The number of aromatic nitrogens is 6. The molecule has 0 spiro atoms. The molecule has 0 aliphatic rings. The lowest BCUT2D eigenvalue weighted by Gasteiger charge is -2.06. The molecular formula is C17H14Cl2N8O2S. The smallest absolute Gasteiger partial charge is 0.306 e.